The van der Waals surface area contributed by atoms with E-state index < -0.39 is 23.6 Å². The lowest BCUT2D eigenvalue weighted by Crippen LogP contribution is -2.29. The van der Waals surface area contributed by atoms with Crippen LogP contribution in [0.4, 0.5) is 11.4 Å². The fourth-order valence-corrected chi connectivity index (χ4v) is 8.32. The number of hydrogen-bond acceptors (Lipinski definition) is 11. The molecular weight excluding hydrogens is 917 g/mol. The zero-order chi connectivity index (χ0) is 48.8. The van der Waals surface area contributed by atoms with Crippen molar-refractivity contribution in [2.45, 2.75) is 9.79 Å². The van der Waals surface area contributed by atoms with Gasteiger partial charge < -0.3 is 18.9 Å². The molecule has 13 heteroatoms. The van der Waals surface area contributed by atoms with Crippen molar-refractivity contribution in [2.75, 3.05) is 9.80 Å². The second kappa shape index (κ2) is 19.9. The number of imide groups is 2. The summed E-state index contributed by atoms with van der Waals surface area (Å²) in [7, 11) is 0. The summed E-state index contributed by atoms with van der Waals surface area (Å²) in [5.74, 6) is 2.62. The van der Waals surface area contributed by atoms with E-state index in [4.69, 9.17) is 18.9 Å². The first-order chi connectivity index (χ1) is 34.6. The number of benzene rings is 8. The smallest absolute Gasteiger partial charge is 0.258 e. The lowest BCUT2D eigenvalue weighted by Gasteiger charge is -2.14. The summed E-state index contributed by atoms with van der Waals surface area (Å²) in [6.07, 6.45) is 4.92. The minimum Gasteiger partial charge on any atom is -0.457 e. The number of carbonyl (C=O) groups is 6. The Kier molecular flexibility index (Phi) is 12.7. The quantitative estimate of drug-likeness (QED) is 0.0673. The van der Waals surface area contributed by atoms with E-state index in [1.54, 1.807) is 157 Å². The molecule has 12 nitrogen and oxygen atoms in total. The molecule has 0 fully saturated rings. The molecule has 4 amide bonds. The van der Waals surface area contributed by atoms with Gasteiger partial charge in [0.15, 0.2) is 11.6 Å². The Morgan fingerprint density at radius 3 is 0.704 bits per heavy atom. The summed E-state index contributed by atoms with van der Waals surface area (Å²) in [5.41, 5.74) is 2.88. The van der Waals surface area contributed by atoms with Crippen molar-refractivity contribution in [3.05, 3.63) is 241 Å². The normalized spacial score (nSPS) is 12.9. The van der Waals surface area contributed by atoms with Crippen molar-refractivity contribution < 1.29 is 47.7 Å². The van der Waals surface area contributed by atoms with Crippen LogP contribution in [-0.4, -0.2) is 35.2 Å². The van der Waals surface area contributed by atoms with Crippen LogP contribution in [0.25, 0.3) is 0 Å². The lowest BCUT2D eigenvalue weighted by molar-refractivity contribution is -0.121. The summed E-state index contributed by atoms with van der Waals surface area (Å²) in [6.45, 7) is 0. The molecule has 8 aromatic carbocycles. The number of carbonyl (C=O) groups excluding carboxylic acids is 6. The minimum atomic E-state index is -0.393. The molecule has 8 aromatic rings. The highest BCUT2D eigenvalue weighted by Gasteiger charge is 2.26. The van der Waals surface area contributed by atoms with Crippen LogP contribution in [0.5, 0.6) is 46.0 Å². The molecule has 0 aliphatic carbocycles. The first kappa shape index (κ1) is 45.2. The van der Waals surface area contributed by atoms with E-state index in [0.29, 0.717) is 79.6 Å². The molecule has 2 aliphatic heterocycles. The zero-order valence-corrected chi connectivity index (χ0v) is 38.0. The van der Waals surface area contributed by atoms with Gasteiger partial charge in [-0.05, 0) is 194 Å². The predicted octanol–water partition coefficient (Wildman–Crippen LogP) is 12.3. The van der Waals surface area contributed by atoms with Gasteiger partial charge in [0, 0.05) is 56.3 Å². The molecule has 2 aliphatic rings. The number of nitrogens with zero attached hydrogens (tertiary/aromatic N) is 2. The Morgan fingerprint density at radius 2 is 0.479 bits per heavy atom. The van der Waals surface area contributed by atoms with E-state index in [9.17, 15) is 28.8 Å². The molecule has 0 N–H and O–H groups in total. The van der Waals surface area contributed by atoms with Crippen LogP contribution >= 0.6 is 11.8 Å². The summed E-state index contributed by atoms with van der Waals surface area (Å²) in [6, 6.07) is 56.0. The maximum absolute atomic E-state index is 13.3. The van der Waals surface area contributed by atoms with Gasteiger partial charge in [0.1, 0.15) is 46.0 Å². The third-order valence-corrected chi connectivity index (χ3v) is 12.1. The molecule has 0 bridgehead atoms. The van der Waals surface area contributed by atoms with E-state index in [0.717, 1.165) is 19.6 Å². The summed E-state index contributed by atoms with van der Waals surface area (Å²) >= 11 is 1.59. The Labute approximate surface area is 410 Å². The van der Waals surface area contributed by atoms with E-state index in [1.807, 2.05) is 48.5 Å². The van der Waals surface area contributed by atoms with E-state index in [2.05, 4.69) is 0 Å². The monoisotopic (exact) mass is 952 g/mol. The van der Waals surface area contributed by atoms with Gasteiger partial charge in [-0.3, -0.25) is 28.8 Å². The molecule has 0 saturated heterocycles. The topological polar surface area (TPSA) is 146 Å². The van der Waals surface area contributed by atoms with Crippen LogP contribution in [0, 0.1) is 0 Å². The summed E-state index contributed by atoms with van der Waals surface area (Å²) in [5, 5.41) is 0. The average Bonchev–Trinajstić information content (AvgIpc) is 3.93. The second-order valence-electron chi connectivity index (χ2n) is 15.9. The fourth-order valence-electron chi connectivity index (χ4n) is 7.50. The zero-order valence-electron chi connectivity index (χ0n) is 37.2. The molecule has 0 unspecified atom stereocenters. The van der Waals surface area contributed by atoms with Crippen LogP contribution in [0.2, 0.25) is 0 Å². The Morgan fingerprint density at radius 1 is 0.282 bits per heavy atom. The number of ether oxygens (including phenoxy) is 4. The number of ketones is 2. The number of rotatable bonds is 16. The van der Waals surface area contributed by atoms with Gasteiger partial charge >= 0.3 is 0 Å². The van der Waals surface area contributed by atoms with Crippen LogP contribution in [-0.2, 0) is 19.2 Å². The molecule has 0 radical (unpaired) electrons. The maximum Gasteiger partial charge on any atom is 0.258 e. The third-order valence-electron chi connectivity index (χ3n) is 11.1. The largest absolute Gasteiger partial charge is 0.457 e. The first-order valence-corrected chi connectivity index (χ1v) is 22.8. The van der Waals surface area contributed by atoms with Gasteiger partial charge in [-0.15, -0.1) is 0 Å². The molecule has 0 spiro atoms. The molecule has 10 rings (SSSR count). The SMILES string of the molecule is O=C(c1ccc(Oc2ccc(Sc3ccc(Oc4ccc(C(=O)c5ccc(Oc6ccc(N7C(=O)C=CC7=O)cc6)cc5)cc4)cc3)cc2)cc1)c1ccc(Oc2ccc(N3C(=O)C=CC3=O)cc2)cc1. The molecular formula is C58H36N2O10S. The van der Waals surface area contributed by atoms with Gasteiger partial charge in [-0.2, -0.15) is 0 Å². The molecule has 71 heavy (non-hydrogen) atoms. The van der Waals surface area contributed by atoms with Crippen molar-refractivity contribution >= 4 is 58.3 Å². The first-order valence-electron chi connectivity index (χ1n) is 22.0. The van der Waals surface area contributed by atoms with Crippen molar-refractivity contribution in [3.63, 3.8) is 0 Å². The summed E-state index contributed by atoms with van der Waals surface area (Å²) < 4.78 is 23.9. The fraction of sp³-hybridized carbons (Fsp3) is 0. The maximum atomic E-state index is 13.3. The molecule has 0 saturated carbocycles. The predicted molar refractivity (Wildman–Crippen MR) is 266 cm³/mol. The van der Waals surface area contributed by atoms with Crippen molar-refractivity contribution in [2.24, 2.45) is 0 Å². The van der Waals surface area contributed by atoms with Gasteiger partial charge in [0.25, 0.3) is 23.6 Å². The Hall–Kier alpha value is -9.59. The molecule has 2 heterocycles. The van der Waals surface area contributed by atoms with Gasteiger partial charge in [-0.25, -0.2) is 9.80 Å². The molecule has 0 aromatic heterocycles. The number of hydrogen-bond donors (Lipinski definition) is 0. The van der Waals surface area contributed by atoms with E-state index in [1.165, 1.54) is 24.3 Å². The summed E-state index contributed by atoms with van der Waals surface area (Å²) in [4.78, 5) is 78.5. The Balaban J connectivity index is 0.666. The van der Waals surface area contributed by atoms with E-state index >= 15 is 0 Å². The van der Waals surface area contributed by atoms with Crippen LogP contribution in [0.3, 0.4) is 0 Å². The van der Waals surface area contributed by atoms with Gasteiger partial charge in [0.05, 0.1) is 11.4 Å². The highest BCUT2D eigenvalue weighted by atomic mass is 32.2. The number of amides is 4. The minimum absolute atomic E-state index is 0.155. The van der Waals surface area contributed by atoms with Gasteiger partial charge in [-0.1, -0.05) is 11.8 Å². The van der Waals surface area contributed by atoms with Crippen molar-refractivity contribution in [3.8, 4) is 46.0 Å². The lowest BCUT2D eigenvalue weighted by atomic mass is 10.0. The standard InChI is InChI=1S/C58H36N2O10S/c61-53-33-34-54(62)59(53)41-9-21-47(22-10-41)67-43-13-1-37(2-14-43)57(65)39-5-17-45(18-6-39)69-49-25-29-51(30-26-49)71-52-31-27-50(28-32-52)70-46-19-7-40(8-20-46)58(66)38-3-15-44(16-4-38)68-48-23-11-42(12-24-48)60-55(63)35-36-56(60)64/h1-36H. The van der Waals surface area contributed by atoms with Crippen molar-refractivity contribution in [1.29, 1.82) is 0 Å². The van der Waals surface area contributed by atoms with Gasteiger partial charge in [0.2, 0.25) is 0 Å². The second-order valence-corrected chi connectivity index (χ2v) is 17.0. The van der Waals surface area contributed by atoms with Crippen LogP contribution < -0.4 is 28.7 Å². The van der Waals surface area contributed by atoms with Crippen LogP contribution in [0.1, 0.15) is 31.8 Å². The average molecular weight is 953 g/mol. The van der Waals surface area contributed by atoms with Crippen molar-refractivity contribution in [1.82, 2.24) is 0 Å². The highest BCUT2D eigenvalue weighted by Crippen LogP contribution is 2.34. The Bertz CT molecular complexity index is 3120. The van der Waals surface area contributed by atoms with E-state index in [-0.39, 0.29) is 11.6 Å². The third kappa shape index (κ3) is 10.5. The number of anilines is 2. The highest BCUT2D eigenvalue weighted by molar-refractivity contribution is 7.99. The molecule has 344 valence electrons. The molecule has 0 atom stereocenters. The van der Waals surface area contributed by atoms with Crippen LogP contribution in [0.15, 0.2) is 228 Å².